The van der Waals surface area contributed by atoms with Crippen LogP contribution in [0.5, 0.6) is 0 Å². The zero-order valence-corrected chi connectivity index (χ0v) is 15.9. The molecule has 0 saturated heterocycles. The molecule has 2 unspecified atom stereocenters. The maximum Gasteiger partial charge on any atom is 0.209 e. The lowest BCUT2D eigenvalue weighted by atomic mass is 9.93. The first-order chi connectivity index (χ1) is 11.0. The van der Waals surface area contributed by atoms with Crippen molar-refractivity contribution in [3.8, 4) is 0 Å². The molecule has 2 aliphatic rings. The predicted octanol–water partition coefficient (Wildman–Crippen LogP) is -0.322. The minimum atomic E-state index is -3.17. The van der Waals surface area contributed by atoms with E-state index in [4.69, 9.17) is 0 Å². The van der Waals surface area contributed by atoms with Crippen molar-refractivity contribution in [2.75, 3.05) is 12.5 Å². The highest BCUT2D eigenvalue weighted by molar-refractivity contribution is 7.89. The first-order valence-corrected chi connectivity index (χ1v) is 12.1. The van der Waals surface area contributed by atoms with Gasteiger partial charge in [0.2, 0.25) is 20.0 Å². The van der Waals surface area contributed by atoms with Crippen LogP contribution < -0.4 is 9.44 Å². The summed E-state index contributed by atoms with van der Waals surface area (Å²) in [5.41, 5.74) is 0. The number of rotatable bonds is 4. The van der Waals surface area contributed by atoms with Crippen LogP contribution in [0.3, 0.4) is 0 Å². The zero-order valence-electron chi connectivity index (χ0n) is 14.3. The van der Waals surface area contributed by atoms with Crippen LogP contribution in [-0.4, -0.2) is 63.9 Å². The van der Waals surface area contributed by atoms with Crippen molar-refractivity contribution < 1.29 is 27.0 Å². The minimum Gasteiger partial charge on any atom is -0.393 e. The molecule has 0 aromatic carbocycles. The average molecular weight is 387 g/mol. The van der Waals surface area contributed by atoms with E-state index < -0.39 is 26.2 Å². The summed E-state index contributed by atoms with van der Waals surface area (Å²) in [6.45, 7) is 0. The molecule has 0 bridgehead atoms. The van der Waals surface area contributed by atoms with Crippen molar-refractivity contribution in [1.29, 1.82) is 0 Å². The van der Waals surface area contributed by atoms with Crippen LogP contribution in [0.2, 0.25) is 0 Å². The fourth-order valence-electron chi connectivity index (χ4n) is 3.10. The molecule has 10 heteroatoms. The highest BCUT2D eigenvalue weighted by Crippen LogP contribution is 2.19. The van der Waals surface area contributed by atoms with Crippen molar-refractivity contribution in [1.82, 2.24) is 9.44 Å². The Bertz CT molecular complexity index is 578. The summed E-state index contributed by atoms with van der Waals surface area (Å²) in [7, 11) is -6.27. The molecule has 0 spiro atoms. The van der Waals surface area contributed by atoms with E-state index in [1.54, 1.807) is 0 Å². The Hall–Kier alpha value is -0.260. The molecule has 4 N–H and O–H groups in total. The molecule has 8 nitrogen and oxygen atoms in total. The highest BCUT2D eigenvalue weighted by atomic mass is 32.2. The molecule has 0 aliphatic heterocycles. The second-order valence-corrected chi connectivity index (χ2v) is 10.3. The zero-order chi connectivity index (χ0) is 18.4. The lowest BCUT2D eigenvalue weighted by Crippen LogP contribution is -2.44. The second-order valence-electron chi connectivity index (χ2n) is 6.76. The standard InChI is InChI=1S/2C7H15NO3S/c1-12(10,11)8-6-3-2-4-7(9)5-6;1-12(10,11)8-6-4-2-3-5-7(6)9/h2*6-9H,2-5H2,1H3/t;6-,7+/m.1/s1. The van der Waals surface area contributed by atoms with Gasteiger partial charge in [0.25, 0.3) is 0 Å². The van der Waals surface area contributed by atoms with Crippen LogP contribution >= 0.6 is 0 Å². The highest BCUT2D eigenvalue weighted by Gasteiger charge is 2.25. The van der Waals surface area contributed by atoms with Crippen LogP contribution in [-0.2, 0) is 20.0 Å². The molecular weight excluding hydrogens is 356 g/mol. The minimum absolute atomic E-state index is 0.0660. The Labute approximate surface area is 145 Å². The van der Waals surface area contributed by atoms with E-state index in [0.717, 1.165) is 51.0 Å². The number of nitrogens with one attached hydrogen (secondary N) is 2. The van der Waals surface area contributed by atoms with E-state index >= 15 is 0 Å². The van der Waals surface area contributed by atoms with Gasteiger partial charge in [-0.2, -0.15) is 0 Å². The number of aliphatic hydroxyl groups excluding tert-OH is 2. The number of sulfonamides is 2. The molecular formula is C14H30N2O6S2. The third-order valence-corrected chi connectivity index (χ3v) is 5.61. The normalized spacial score (nSPS) is 31.8. The Balaban J connectivity index is 0.000000240. The predicted molar refractivity (Wildman–Crippen MR) is 92.5 cm³/mol. The van der Waals surface area contributed by atoms with Crippen LogP contribution in [0.4, 0.5) is 0 Å². The van der Waals surface area contributed by atoms with Crippen molar-refractivity contribution in [3.05, 3.63) is 0 Å². The summed E-state index contributed by atoms with van der Waals surface area (Å²) in [6, 6.07) is -0.336. The van der Waals surface area contributed by atoms with Gasteiger partial charge in [-0.15, -0.1) is 0 Å². The average Bonchev–Trinajstić information content (AvgIpc) is 2.39. The molecule has 0 aromatic heterocycles. The van der Waals surface area contributed by atoms with Gasteiger partial charge in [-0.3, -0.25) is 0 Å². The maximum absolute atomic E-state index is 10.8. The van der Waals surface area contributed by atoms with E-state index in [0.29, 0.717) is 12.8 Å². The number of aliphatic hydroxyl groups is 2. The lowest BCUT2D eigenvalue weighted by Gasteiger charge is -2.27. The van der Waals surface area contributed by atoms with Crippen LogP contribution in [0.25, 0.3) is 0 Å². The fourth-order valence-corrected chi connectivity index (χ4v) is 4.74. The molecule has 144 valence electrons. The fraction of sp³-hybridized carbons (Fsp3) is 1.00. The summed E-state index contributed by atoms with van der Waals surface area (Å²) in [5.74, 6) is 0. The smallest absolute Gasteiger partial charge is 0.209 e. The Morgan fingerprint density at radius 1 is 0.792 bits per heavy atom. The molecule has 0 heterocycles. The van der Waals surface area contributed by atoms with Crippen molar-refractivity contribution in [3.63, 3.8) is 0 Å². The van der Waals surface area contributed by atoms with Gasteiger partial charge in [0.1, 0.15) is 0 Å². The van der Waals surface area contributed by atoms with Gasteiger partial charge < -0.3 is 10.2 Å². The Morgan fingerprint density at radius 3 is 1.88 bits per heavy atom. The lowest BCUT2D eigenvalue weighted by molar-refractivity contribution is 0.101. The summed E-state index contributed by atoms with van der Waals surface area (Å²) >= 11 is 0. The molecule has 2 saturated carbocycles. The van der Waals surface area contributed by atoms with Crippen LogP contribution in [0.15, 0.2) is 0 Å². The van der Waals surface area contributed by atoms with Gasteiger partial charge >= 0.3 is 0 Å². The van der Waals surface area contributed by atoms with E-state index in [9.17, 15) is 27.0 Å². The first-order valence-electron chi connectivity index (χ1n) is 8.27. The van der Waals surface area contributed by atoms with E-state index in [-0.39, 0.29) is 18.2 Å². The molecule has 0 aromatic rings. The molecule has 0 amide bonds. The quantitative estimate of drug-likeness (QED) is 0.523. The summed E-state index contributed by atoms with van der Waals surface area (Å²) in [6.07, 6.45) is 7.93. The number of hydrogen-bond acceptors (Lipinski definition) is 6. The third-order valence-electron chi connectivity index (χ3n) is 4.12. The van der Waals surface area contributed by atoms with Gasteiger partial charge in [-0.25, -0.2) is 26.3 Å². The largest absolute Gasteiger partial charge is 0.393 e. The topological polar surface area (TPSA) is 133 Å². The van der Waals surface area contributed by atoms with Gasteiger partial charge in [0.15, 0.2) is 0 Å². The summed E-state index contributed by atoms with van der Waals surface area (Å²) in [4.78, 5) is 0. The Morgan fingerprint density at radius 2 is 1.38 bits per heavy atom. The van der Waals surface area contributed by atoms with Crippen molar-refractivity contribution >= 4 is 20.0 Å². The Kier molecular flexibility index (Phi) is 8.57. The van der Waals surface area contributed by atoms with Crippen molar-refractivity contribution in [2.45, 2.75) is 75.7 Å². The van der Waals surface area contributed by atoms with Crippen LogP contribution in [0, 0.1) is 0 Å². The molecule has 0 radical (unpaired) electrons. The van der Waals surface area contributed by atoms with Gasteiger partial charge in [0, 0.05) is 12.1 Å². The van der Waals surface area contributed by atoms with E-state index in [1.165, 1.54) is 0 Å². The summed E-state index contributed by atoms with van der Waals surface area (Å²) < 4.78 is 48.2. The SMILES string of the molecule is CS(=O)(=O)NC1CCCC(O)C1.CS(=O)(=O)N[C@@H]1CCCC[C@@H]1O. The van der Waals surface area contributed by atoms with E-state index in [1.807, 2.05) is 0 Å². The monoisotopic (exact) mass is 386 g/mol. The van der Waals surface area contributed by atoms with Crippen molar-refractivity contribution in [2.24, 2.45) is 0 Å². The van der Waals surface area contributed by atoms with E-state index in [2.05, 4.69) is 9.44 Å². The first kappa shape index (κ1) is 21.8. The second kappa shape index (κ2) is 9.44. The van der Waals surface area contributed by atoms with Gasteiger partial charge in [-0.1, -0.05) is 12.8 Å². The molecule has 24 heavy (non-hydrogen) atoms. The van der Waals surface area contributed by atoms with Gasteiger partial charge in [-0.05, 0) is 38.5 Å². The third kappa shape index (κ3) is 9.90. The van der Waals surface area contributed by atoms with Gasteiger partial charge in [0.05, 0.1) is 24.7 Å². The molecule has 2 rings (SSSR count). The summed E-state index contributed by atoms with van der Waals surface area (Å²) in [5, 5.41) is 18.6. The molecule has 2 fully saturated rings. The maximum atomic E-state index is 10.8. The number of hydrogen-bond donors (Lipinski definition) is 4. The van der Waals surface area contributed by atoms with Crippen LogP contribution in [0.1, 0.15) is 51.4 Å². The molecule has 4 atom stereocenters. The molecule has 2 aliphatic carbocycles.